The monoisotopic (exact) mass is 233 g/mol. The molecule has 2 rings (SSSR count). The van der Waals surface area contributed by atoms with Gasteiger partial charge in [-0.3, -0.25) is 0 Å². The fraction of sp³-hybridized carbons (Fsp3) is 0.0833. The molecule has 2 aromatic rings. The zero-order chi connectivity index (χ0) is 11.5. The van der Waals surface area contributed by atoms with Crippen molar-refractivity contribution in [1.82, 2.24) is 4.98 Å². The molecule has 0 aliphatic heterocycles. The largest absolute Gasteiger partial charge is 0.384 e. The van der Waals surface area contributed by atoms with Crippen LogP contribution in [0, 0.1) is 6.92 Å². The molecule has 0 aliphatic carbocycles. The van der Waals surface area contributed by atoms with Crippen molar-refractivity contribution < 1.29 is 0 Å². The Kier molecular flexibility index (Phi) is 2.97. The fourth-order valence-electron chi connectivity index (χ4n) is 1.45. The summed E-state index contributed by atoms with van der Waals surface area (Å²) < 4.78 is 0. The van der Waals surface area contributed by atoms with Gasteiger partial charge >= 0.3 is 0 Å². The topological polar surface area (TPSA) is 50.9 Å². The molecule has 1 aromatic carbocycles. The van der Waals surface area contributed by atoms with Gasteiger partial charge in [0.2, 0.25) is 0 Å². The number of anilines is 3. The molecule has 0 amide bonds. The van der Waals surface area contributed by atoms with E-state index in [0.717, 1.165) is 22.0 Å². The number of benzene rings is 1. The number of nitrogens with one attached hydrogen (secondary N) is 1. The molecule has 82 valence electrons. The number of pyridine rings is 1. The zero-order valence-corrected chi connectivity index (χ0v) is 9.62. The number of hydrogen-bond acceptors (Lipinski definition) is 3. The van der Waals surface area contributed by atoms with Crippen molar-refractivity contribution in [2.75, 3.05) is 11.1 Å². The second kappa shape index (κ2) is 4.41. The third-order valence-electron chi connectivity index (χ3n) is 2.25. The molecule has 0 fully saturated rings. The van der Waals surface area contributed by atoms with Crippen LogP contribution in [-0.2, 0) is 0 Å². The van der Waals surface area contributed by atoms with Crippen LogP contribution < -0.4 is 11.1 Å². The molecule has 1 aromatic heterocycles. The summed E-state index contributed by atoms with van der Waals surface area (Å²) in [5.41, 5.74) is 8.61. The summed E-state index contributed by atoms with van der Waals surface area (Å²) in [6, 6.07) is 9.35. The second-order valence-corrected chi connectivity index (χ2v) is 3.99. The van der Waals surface area contributed by atoms with Crippen LogP contribution in [0.5, 0.6) is 0 Å². The van der Waals surface area contributed by atoms with E-state index in [-0.39, 0.29) is 0 Å². The Morgan fingerprint density at radius 3 is 2.75 bits per heavy atom. The highest BCUT2D eigenvalue weighted by Gasteiger charge is 2.00. The molecular weight excluding hydrogens is 222 g/mol. The maximum Gasteiger partial charge on any atom is 0.125 e. The van der Waals surface area contributed by atoms with Gasteiger partial charge in [-0.2, -0.15) is 0 Å². The molecule has 16 heavy (non-hydrogen) atoms. The quantitative estimate of drug-likeness (QED) is 0.836. The molecule has 0 radical (unpaired) electrons. The van der Waals surface area contributed by atoms with Gasteiger partial charge < -0.3 is 11.1 Å². The first-order valence-corrected chi connectivity index (χ1v) is 5.27. The maximum absolute atomic E-state index is 5.89. The fourth-order valence-corrected chi connectivity index (χ4v) is 1.68. The van der Waals surface area contributed by atoms with Gasteiger partial charge in [-0.15, -0.1) is 0 Å². The van der Waals surface area contributed by atoms with Gasteiger partial charge in [0, 0.05) is 28.7 Å². The van der Waals surface area contributed by atoms with Crippen LogP contribution in [0.3, 0.4) is 0 Å². The van der Waals surface area contributed by atoms with Crippen molar-refractivity contribution in [2.45, 2.75) is 6.92 Å². The number of hydrogen-bond donors (Lipinski definition) is 2. The molecule has 0 aliphatic rings. The molecule has 0 saturated carbocycles. The molecule has 0 atom stereocenters. The third kappa shape index (κ3) is 2.44. The zero-order valence-electron chi connectivity index (χ0n) is 8.87. The highest BCUT2D eigenvalue weighted by atomic mass is 35.5. The van der Waals surface area contributed by atoms with Gasteiger partial charge in [0.05, 0.1) is 0 Å². The summed E-state index contributed by atoms with van der Waals surface area (Å²) >= 11 is 5.89. The minimum atomic E-state index is 0.497. The first-order chi connectivity index (χ1) is 7.65. The molecule has 1 heterocycles. The Hall–Kier alpha value is -1.74. The Bertz CT molecular complexity index is 511. The molecule has 0 bridgehead atoms. The molecule has 3 N–H and O–H groups in total. The summed E-state index contributed by atoms with van der Waals surface area (Å²) in [7, 11) is 0. The van der Waals surface area contributed by atoms with Crippen LogP contribution in [0.4, 0.5) is 17.2 Å². The minimum absolute atomic E-state index is 0.497. The smallest absolute Gasteiger partial charge is 0.125 e. The predicted molar refractivity (Wildman–Crippen MR) is 68.1 cm³/mol. The van der Waals surface area contributed by atoms with E-state index in [1.807, 2.05) is 31.2 Å². The van der Waals surface area contributed by atoms with E-state index in [1.165, 1.54) is 0 Å². The summed E-state index contributed by atoms with van der Waals surface area (Å²) in [5, 5.41) is 4.00. The number of nitrogens with two attached hydrogens (primary N) is 1. The van der Waals surface area contributed by atoms with Crippen LogP contribution in [0.2, 0.25) is 5.02 Å². The van der Waals surface area contributed by atoms with Crippen molar-refractivity contribution in [3.8, 4) is 0 Å². The van der Waals surface area contributed by atoms with E-state index < -0.39 is 0 Å². The predicted octanol–water partition coefficient (Wildman–Crippen LogP) is 3.37. The number of rotatable bonds is 2. The number of aryl methyl sites for hydroxylation is 1. The van der Waals surface area contributed by atoms with Crippen molar-refractivity contribution in [2.24, 2.45) is 0 Å². The third-order valence-corrected chi connectivity index (χ3v) is 2.48. The maximum atomic E-state index is 5.89. The highest BCUT2D eigenvalue weighted by Crippen LogP contribution is 2.23. The lowest BCUT2D eigenvalue weighted by atomic mass is 10.2. The number of nitrogens with zero attached hydrogens (tertiary/aromatic N) is 1. The van der Waals surface area contributed by atoms with Crippen LogP contribution >= 0.6 is 11.6 Å². The lowest BCUT2D eigenvalue weighted by Crippen LogP contribution is -1.95. The van der Waals surface area contributed by atoms with Crippen molar-refractivity contribution >= 4 is 28.8 Å². The van der Waals surface area contributed by atoms with Crippen molar-refractivity contribution in [1.29, 1.82) is 0 Å². The Labute approximate surface area is 99.3 Å². The van der Waals surface area contributed by atoms with E-state index in [9.17, 15) is 0 Å². The van der Waals surface area contributed by atoms with Crippen LogP contribution in [0.15, 0.2) is 36.5 Å². The summed E-state index contributed by atoms with van der Waals surface area (Å²) in [6.45, 7) is 2.00. The summed E-state index contributed by atoms with van der Waals surface area (Å²) in [4.78, 5) is 3.93. The lowest BCUT2D eigenvalue weighted by molar-refractivity contribution is 1.33. The Morgan fingerprint density at radius 1 is 1.25 bits per heavy atom. The van der Waals surface area contributed by atoms with Crippen LogP contribution in [0.1, 0.15) is 5.56 Å². The molecule has 4 heteroatoms. The van der Waals surface area contributed by atoms with E-state index in [4.69, 9.17) is 17.3 Å². The van der Waals surface area contributed by atoms with E-state index >= 15 is 0 Å². The number of aromatic nitrogens is 1. The Morgan fingerprint density at radius 2 is 2.06 bits per heavy atom. The molecule has 0 unspecified atom stereocenters. The van der Waals surface area contributed by atoms with E-state index in [2.05, 4.69) is 10.3 Å². The average Bonchev–Trinajstić information content (AvgIpc) is 2.22. The van der Waals surface area contributed by atoms with Crippen molar-refractivity contribution in [3.63, 3.8) is 0 Å². The van der Waals surface area contributed by atoms with Gasteiger partial charge in [0.15, 0.2) is 0 Å². The number of nitrogen functional groups attached to an aromatic ring is 1. The Balaban J connectivity index is 2.27. The standard InChI is InChI=1S/C12H12ClN3/c1-8-6-9(13)2-3-11(8)16-10-4-5-15-12(14)7-10/h2-7H,1H3,(H3,14,15,16). The van der Waals surface area contributed by atoms with Gasteiger partial charge in [-0.05, 0) is 36.8 Å². The van der Waals surface area contributed by atoms with E-state index in [1.54, 1.807) is 12.3 Å². The van der Waals surface area contributed by atoms with E-state index in [0.29, 0.717) is 5.82 Å². The number of halogens is 1. The van der Waals surface area contributed by atoms with Crippen molar-refractivity contribution in [3.05, 3.63) is 47.1 Å². The first kappa shape index (κ1) is 10.8. The first-order valence-electron chi connectivity index (χ1n) is 4.90. The lowest BCUT2D eigenvalue weighted by Gasteiger charge is -2.09. The molecule has 0 spiro atoms. The van der Waals surface area contributed by atoms with Crippen LogP contribution in [0.25, 0.3) is 0 Å². The average molecular weight is 234 g/mol. The van der Waals surface area contributed by atoms with Gasteiger partial charge in [-0.1, -0.05) is 11.6 Å². The minimum Gasteiger partial charge on any atom is -0.384 e. The van der Waals surface area contributed by atoms with Crippen LogP contribution in [-0.4, -0.2) is 4.98 Å². The molecule has 3 nitrogen and oxygen atoms in total. The second-order valence-electron chi connectivity index (χ2n) is 3.55. The van der Waals surface area contributed by atoms with Gasteiger partial charge in [-0.25, -0.2) is 4.98 Å². The molecular formula is C12H12ClN3. The summed E-state index contributed by atoms with van der Waals surface area (Å²) in [5.74, 6) is 0.497. The van der Waals surface area contributed by atoms with Gasteiger partial charge in [0.1, 0.15) is 5.82 Å². The summed E-state index contributed by atoms with van der Waals surface area (Å²) in [6.07, 6.45) is 1.67. The highest BCUT2D eigenvalue weighted by molar-refractivity contribution is 6.30. The normalized spacial score (nSPS) is 10.1. The SMILES string of the molecule is Cc1cc(Cl)ccc1Nc1ccnc(N)c1. The van der Waals surface area contributed by atoms with Gasteiger partial charge in [0.25, 0.3) is 0 Å². The molecule has 0 saturated heterocycles.